The lowest BCUT2D eigenvalue weighted by molar-refractivity contribution is 0.792. The zero-order valence-corrected chi connectivity index (χ0v) is 9.94. The maximum atomic E-state index is 11.1. The number of aromatic nitrogens is 2. The number of H-pyrrole nitrogens is 2. The molecular formula is C10H12BrN3O. The number of rotatable bonds is 3. The molecule has 0 bridgehead atoms. The lowest BCUT2D eigenvalue weighted by atomic mass is 10.1. The molecular weight excluding hydrogens is 258 g/mol. The van der Waals surface area contributed by atoms with Crippen LogP contribution in [0.15, 0.2) is 21.4 Å². The lowest BCUT2D eigenvalue weighted by Crippen LogP contribution is -2.10. The number of hydrogen-bond donors (Lipinski definition) is 3. The Hall–Kier alpha value is -1.07. The zero-order chi connectivity index (χ0) is 10.8. The van der Waals surface area contributed by atoms with Crippen molar-refractivity contribution in [3.8, 4) is 0 Å². The molecule has 0 aliphatic heterocycles. The molecule has 0 fully saturated rings. The van der Waals surface area contributed by atoms with Crippen molar-refractivity contribution in [2.24, 2.45) is 0 Å². The molecule has 15 heavy (non-hydrogen) atoms. The Labute approximate surface area is 95.2 Å². The minimum absolute atomic E-state index is 0.170. The predicted octanol–water partition coefficient (Wildman–Crippen LogP) is 1.38. The van der Waals surface area contributed by atoms with Gasteiger partial charge in [-0.15, -0.1) is 0 Å². The molecule has 0 saturated heterocycles. The Morgan fingerprint density at radius 1 is 1.40 bits per heavy atom. The molecule has 0 amide bonds. The summed E-state index contributed by atoms with van der Waals surface area (Å²) in [5.41, 5.74) is 2.70. The van der Waals surface area contributed by atoms with E-state index in [1.165, 1.54) is 5.56 Å². The molecule has 2 rings (SSSR count). The maximum absolute atomic E-state index is 11.1. The third-order valence-corrected chi connectivity index (χ3v) is 2.93. The molecule has 5 heteroatoms. The molecule has 1 aromatic heterocycles. The molecule has 80 valence electrons. The topological polar surface area (TPSA) is 60.7 Å². The van der Waals surface area contributed by atoms with Crippen LogP contribution in [0.2, 0.25) is 0 Å². The van der Waals surface area contributed by atoms with Gasteiger partial charge in [0.1, 0.15) is 0 Å². The van der Waals surface area contributed by atoms with Gasteiger partial charge < -0.3 is 15.3 Å². The molecule has 4 nitrogen and oxygen atoms in total. The summed E-state index contributed by atoms with van der Waals surface area (Å²) in [4.78, 5) is 16.6. The second-order valence-corrected chi connectivity index (χ2v) is 4.29. The average molecular weight is 270 g/mol. The van der Waals surface area contributed by atoms with E-state index in [0.29, 0.717) is 0 Å². The van der Waals surface area contributed by atoms with Gasteiger partial charge in [0.2, 0.25) is 0 Å². The maximum Gasteiger partial charge on any atom is 0.323 e. The first-order valence-electron chi connectivity index (χ1n) is 4.75. The van der Waals surface area contributed by atoms with Crippen molar-refractivity contribution >= 4 is 27.0 Å². The van der Waals surface area contributed by atoms with Crippen molar-refractivity contribution in [1.29, 1.82) is 0 Å². The van der Waals surface area contributed by atoms with E-state index in [1.807, 2.05) is 19.2 Å². The Balaban J connectivity index is 2.47. The standard InChI is InChI=1S/C10H12BrN3O/c1-12-3-2-6-4-7(11)9-8(5-6)13-10(15)14-9/h4-5,12H,2-3H2,1H3,(H2,13,14,15). The number of aromatic amines is 2. The van der Waals surface area contributed by atoms with Crippen LogP contribution in [0.25, 0.3) is 11.0 Å². The van der Waals surface area contributed by atoms with Crippen LogP contribution < -0.4 is 11.0 Å². The minimum atomic E-state index is -0.170. The van der Waals surface area contributed by atoms with Gasteiger partial charge in [0.05, 0.1) is 11.0 Å². The molecule has 1 heterocycles. The van der Waals surface area contributed by atoms with Gasteiger partial charge in [-0.1, -0.05) is 0 Å². The third kappa shape index (κ3) is 2.13. The van der Waals surface area contributed by atoms with Gasteiger partial charge >= 0.3 is 5.69 Å². The predicted molar refractivity (Wildman–Crippen MR) is 64.3 cm³/mol. The highest BCUT2D eigenvalue weighted by Gasteiger charge is 2.04. The average Bonchev–Trinajstić information content (AvgIpc) is 2.56. The molecule has 0 spiro atoms. The molecule has 0 aliphatic carbocycles. The number of hydrogen-bond acceptors (Lipinski definition) is 2. The summed E-state index contributed by atoms with van der Waals surface area (Å²) in [5.74, 6) is 0. The Morgan fingerprint density at radius 2 is 2.20 bits per heavy atom. The van der Waals surface area contributed by atoms with E-state index in [2.05, 4.69) is 31.2 Å². The molecule has 0 atom stereocenters. The van der Waals surface area contributed by atoms with Gasteiger partial charge in [-0.05, 0) is 53.6 Å². The Morgan fingerprint density at radius 3 is 2.93 bits per heavy atom. The summed E-state index contributed by atoms with van der Waals surface area (Å²) in [6, 6.07) is 4.03. The summed E-state index contributed by atoms with van der Waals surface area (Å²) < 4.78 is 0.921. The first-order valence-corrected chi connectivity index (χ1v) is 5.55. The van der Waals surface area contributed by atoms with Crippen molar-refractivity contribution in [3.05, 3.63) is 32.7 Å². The fourth-order valence-electron chi connectivity index (χ4n) is 1.57. The van der Waals surface area contributed by atoms with Crippen molar-refractivity contribution in [2.75, 3.05) is 13.6 Å². The molecule has 3 N–H and O–H groups in total. The van der Waals surface area contributed by atoms with Gasteiger partial charge in [0.25, 0.3) is 0 Å². The quantitative estimate of drug-likeness (QED) is 0.789. The lowest BCUT2D eigenvalue weighted by Gasteiger charge is -2.02. The summed E-state index contributed by atoms with van der Waals surface area (Å²) in [5, 5.41) is 3.09. The van der Waals surface area contributed by atoms with Crippen LogP contribution in [-0.2, 0) is 6.42 Å². The van der Waals surface area contributed by atoms with E-state index in [0.717, 1.165) is 28.5 Å². The number of fused-ring (bicyclic) bond motifs is 1. The highest BCUT2D eigenvalue weighted by Crippen LogP contribution is 2.22. The third-order valence-electron chi connectivity index (χ3n) is 2.30. The monoisotopic (exact) mass is 269 g/mol. The second-order valence-electron chi connectivity index (χ2n) is 3.43. The van der Waals surface area contributed by atoms with Crippen LogP contribution >= 0.6 is 15.9 Å². The summed E-state index contributed by atoms with van der Waals surface area (Å²) >= 11 is 3.44. The molecule has 0 aliphatic rings. The summed E-state index contributed by atoms with van der Waals surface area (Å²) in [7, 11) is 1.92. The van der Waals surface area contributed by atoms with E-state index in [1.54, 1.807) is 0 Å². The largest absolute Gasteiger partial charge is 0.323 e. The van der Waals surface area contributed by atoms with Crippen molar-refractivity contribution in [1.82, 2.24) is 15.3 Å². The van der Waals surface area contributed by atoms with Crippen LogP contribution in [0.4, 0.5) is 0 Å². The Kier molecular flexibility index (Phi) is 2.93. The minimum Gasteiger partial charge on any atom is -0.319 e. The summed E-state index contributed by atoms with van der Waals surface area (Å²) in [6.45, 7) is 0.923. The molecule has 1 aromatic carbocycles. The van der Waals surface area contributed by atoms with E-state index in [-0.39, 0.29) is 5.69 Å². The van der Waals surface area contributed by atoms with Crippen molar-refractivity contribution in [2.45, 2.75) is 6.42 Å². The van der Waals surface area contributed by atoms with Crippen LogP contribution in [-0.4, -0.2) is 23.6 Å². The van der Waals surface area contributed by atoms with E-state index in [4.69, 9.17) is 0 Å². The first-order chi connectivity index (χ1) is 7.20. The number of halogens is 1. The Bertz CT molecular complexity index is 529. The van der Waals surface area contributed by atoms with Crippen molar-refractivity contribution in [3.63, 3.8) is 0 Å². The van der Waals surface area contributed by atoms with Crippen molar-refractivity contribution < 1.29 is 0 Å². The number of nitrogens with one attached hydrogen (secondary N) is 3. The van der Waals surface area contributed by atoms with Gasteiger partial charge in [-0.3, -0.25) is 0 Å². The number of likely N-dealkylation sites (N-methyl/N-ethyl adjacent to an activating group) is 1. The van der Waals surface area contributed by atoms with Gasteiger partial charge in [0, 0.05) is 4.47 Å². The van der Waals surface area contributed by atoms with E-state index in [9.17, 15) is 4.79 Å². The first kappa shape index (κ1) is 10.4. The fraction of sp³-hybridized carbons (Fsp3) is 0.300. The SMILES string of the molecule is CNCCc1cc(Br)c2[nH]c(=O)[nH]c2c1. The van der Waals surface area contributed by atoms with Gasteiger partial charge in [-0.25, -0.2) is 4.79 Å². The van der Waals surface area contributed by atoms with Crippen LogP contribution in [0.5, 0.6) is 0 Å². The molecule has 0 saturated carbocycles. The number of imidazole rings is 1. The van der Waals surface area contributed by atoms with E-state index < -0.39 is 0 Å². The van der Waals surface area contributed by atoms with Gasteiger partial charge in [-0.2, -0.15) is 0 Å². The van der Waals surface area contributed by atoms with E-state index >= 15 is 0 Å². The highest BCUT2D eigenvalue weighted by molar-refractivity contribution is 9.10. The van der Waals surface area contributed by atoms with Crippen LogP contribution in [0.1, 0.15) is 5.56 Å². The molecule has 2 aromatic rings. The van der Waals surface area contributed by atoms with Gasteiger partial charge in [0.15, 0.2) is 0 Å². The molecule has 0 radical (unpaired) electrons. The second kappa shape index (κ2) is 4.20. The smallest absolute Gasteiger partial charge is 0.319 e. The van der Waals surface area contributed by atoms with Crippen LogP contribution in [0, 0.1) is 0 Å². The summed E-state index contributed by atoms with van der Waals surface area (Å²) in [6.07, 6.45) is 0.943. The fourth-order valence-corrected chi connectivity index (χ4v) is 2.18. The molecule has 0 unspecified atom stereocenters. The van der Waals surface area contributed by atoms with Crippen LogP contribution in [0.3, 0.4) is 0 Å². The highest BCUT2D eigenvalue weighted by atomic mass is 79.9. The zero-order valence-electron chi connectivity index (χ0n) is 8.36. The number of benzene rings is 1. The normalized spacial score (nSPS) is 11.1.